The Morgan fingerprint density at radius 2 is 2.12 bits per heavy atom. The Labute approximate surface area is 139 Å². The number of nitrogens with zero attached hydrogens (tertiary/aromatic N) is 1. The number of hydrogen-bond donors (Lipinski definition) is 0. The van der Waals surface area contributed by atoms with Gasteiger partial charge in [0.25, 0.3) is 0 Å². The molecule has 7 heteroatoms. The van der Waals surface area contributed by atoms with E-state index in [1.54, 1.807) is 12.1 Å². The van der Waals surface area contributed by atoms with Gasteiger partial charge in [-0.05, 0) is 24.1 Å². The molecule has 1 saturated heterocycles. The van der Waals surface area contributed by atoms with Crippen molar-refractivity contribution in [2.45, 2.75) is 38.9 Å². The van der Waals surface area contributed by atoms with Crippen LogP contribution >= 0.6 is 0 Å². The first-order valence-corrected chi connectivity index (χ1v) is 8.02. The molecule has 0 aromatic heterocycles. The molecule has 5 nitrogen and oxygen atoms in total. The summed E-state index contributed by atoms with van der Waals surface area (Å²) >= 11 is 0. The Morgan fingerprint density at radius 3 is 2.79 bits per heavy atom. The molecule has 1 aromatic rings. The van der Waals surface area contributed by atoms with E-state index in [1.807, 2.05) is 13.8 Å². The Bertz CT molecular complexity index is 613. The summed E-state index contributed by atoms with van der Waals surface area (Å²) in [5.74, 6) is 0.569. The van der Waals surface area contributed by atoms with E-state index in [9.17, 15) is 8.78 Å². The lowest BCUT2D eigenvalue weighted by molar-refractivity contribution is -0.0516. The van der Waals surface area contributed by atoms with Crippen molar-refractivity contribution in [3.8, 4) is 11.5 Å². The van der Waals surface area contributed by atoms with Gasteiger partial charge in [-0.15, -0.1) is 0 Å². The van der Waals surface area contributed by atoms with Crippen LogP contribution in [0, 0.1) is 5.92 Å². The zero-order valence-corrected chi connectivity index (χ0v) is 13.8. The fraction of sp³-hybridized carbons (Fsp3) is 0.588. The van der Waals surface area contributed by atoms with Crippen LogP contribution in [0.3, 0.4) is 0 Å². The summed E-state index contributed by atoms with van der Waals surface area (Å²) in [6, 6.07) is 4.85. The van der Waals surface area contributed by atoms with Crippen LogP contribution in [-0.4, -0.2) is 37.7 Å². The minimum absolute atomic E-state index is 0.0211. The van der Waals surface area contributed by atoms with Gasteiger partial charge >= 0.3 is 6.61 Å². The molecule has 0 bridgehead atoms. The molecule has 0 aliphatic carbocycles. The van der Waals surface area contributed by atoms with Crippen molar-refractivity contribution in [3.63, 3.8) is 0 Å². The number of ether oxygens (including phenoxy) is 3. The van der Waals surface area contributed by atoms with E-state index >= 15 is 0 Å². The number of rotatable bonds is 6. The molecule has 1 aromatic carbocycles. The average molecular weight is 341 g/mol. The minimum atomic E-state index is -2.90. The van der Waals surface area contributed by atoms with Gasteiger partial charge in [0.15, 0.2) is 17.1 Å². The molecule has 1 fully saturated rings. The average Bonchev–Trinajstić information content (AvgIpc) is 3.16. The molecular weight excluding hydrogens is 320 g/mol. The molecule has 2 aliphatic rings. The van der Waals surface area contributed by atoms with Crippen molar-refractivity contribution < 1.29 is 27.8 Å². The monoisotopic (exact) mass is 341 g/mol. The molecule has 0 saturated carbocycles. The highest BCUT2D eigenvalue weighted by molar-refractivity contribution is 6.02. The Hall–Kier alpha value is -1.89. The van der Waals surface area contributed by atoms with Crippen molar-refractivity contribution in [3.05, 3.63) is 23.8 Å². The van der Waals surface area contributed by atoms with E-state index in [4.69, 9.17) is 14.3 Å². The fourth-order valence-electron chi connectivity index (χ4n) is 2.73. The van der Waals surface area contributed by atoms with Crippen molar-refractivity contribution in [1.82, 2.24) is 0 Å². The lowest BCUT2D eigenvalue weighted by Gasteiger charge is -2.17. The van der Waals surface area contributed by atoms with E-state index in [2.05, 4.69) is 9.89 Å². The van der Waals surface area contributed by atoms with Gasteiger partial charge in [0.05, 0.1) is 25.5 Å². The van der Waals surface area contributed by atoms with Crippen LogP contribution in [0.1, 0.15) is 32.3 Å². The molecule has 2 heterocycles. The minimum Gasteiger partial charge on any atom is -0.489 e. The van der Waals surface area contributed by atoms with E-state index < -0.39 is 6.61 Å². The first kappa shape index (κ1) is 17.0. The normalized spacial score (nSPS) is 23.0. The van der Waals surface area contributed by atoms with Crippen LogP contribution < -0.4 is 9.47 Å². The first-order valence-electron chi connectivity index (χ1n) is 8.02. The third kappa shape index (κ3) is 3.77. The Balaban J connectivity index is 1.79. The number of alkyl halides is 2. The standard InChI is InChI=1S/C17H21F2NO4/c1-11(2)9-22-15-7-12(3-4-14(15)23-16(18)19)13-8-17(24-20-13)5-6-21-10-17/h3-4,7,11,16H,5-6,8-10H2,1-2H3. The molecule has 0 amide bonds. The van der Waals surface area contributed by atoms with Crippen LogP contribution in [0.4, 0.5) is 8.78 Å². The number of benzene rings is 1. The van der Waals surface area contributed by atoms with Crippen molar-refractivity contribution >= 4 is 5.71 Å². The molecule has 0 radical (unpaired) electrons. The molecule has 24 heavy (non-hydrogen) atoms. The molecule has 1 unspecified atom stereocenters. The molecule has 2 aliphatic heterocycles. The first-order chi connectivity index (χ1) is 11.5. The maximum atomic E-state index is 12.6. The van der Waals surface area contributed by atoms with E-state index in [0.717, 1.165) is 17.7 Å². The molecule has 1 atom stereocenters. The molecule has 132 valence electrons. The van der Waals surface area contributed by atoms with Gasteiger partial charge in [0, 0.05) is 18.4 Å². The fourth-order valence-corrected chi connectivity index (χ4v) is 2.73. The van der Waals surface area contributed by atoms with Gasteiger partial charge in [0.2, 0.25) is 0 Å². The predicted molar refractivity (Wildman–Crippen MR) is 83.8 cm³/mol. The van der Waals surface area contributed by atoms with Gasteiger partial charge in [-0.2, -0.15) is 8.78 Å². The number of hydrogen-bond acceptors (Lipinski definition) is 5. The summed E-state index contributed by atoms with van der Waals surface area (Å²) in [6.07, 6.45) is 1.43. The molecule has 1 spiro atoms. The summed E-state index contributed by atoms with van der Waals surface area (Å²) in [5, 5.41) is 4.16. The summed E-state index contributed by atoms with van der Waals surface area (Å²) in [6.45, 7) is 2.65. The maximum absolute atomic E-state index is 12.6. The highest BCUT2D eigenvalue weighted by atomic mass is 19.3. The zero-order valence-electron chi connectivity index (χ0n) is 13.8. The van der Waals surface area contributed by atoms with Crippen molar-refractivity contribution in [2.75, 3.05) is 19.8 Å². The second-order valence-electron chi connectivity index (χ2n) is 6.54. The Morgan fingerprint density at radius 1 is 1.29 bits per heavy atom. The van der Waals surface area contributed by atoms with Crippen LogP contribution in [0.15, 0.2) is 23.4 Å². The van der Waals surface area contributed by atoms with Gasteiger partial charge < -0.3 is 19.0 Å². The van der Waals surface area contributed by atoms with E-state index in [0.29, 0.717) is 26.2 Å². The molecule has 0 N–H and O–H groups in total. The summed E-state index contributed by atoms with van der Waals surface area (Å²) in [7, 11) is 0. The van der Waals surface area contributed by atoms with Crippen LogP contribution in [0.5, 0.6) is 11.5 Å². The van der Waals surface area contributed by atoms with Crippen molar-refractivity contribution in [1.29, 1.82) is 0 Å². The summed E-state index contributed by atoms with van der Waals surface area (Å²) in [4.78, 5) is 5.57. The van der Waals surface area contributed by atoms with Crippen LogP contribution in [0.25, 0.3) is 0 Å². The predicted octanol–water partition coefficient (Wildman–Crippen LogP) is 3.61. The lowest BCUT2D eigenvalue weighted by atomic mass is 9.93. The third-order valence-electron chi connectivity index (χ3n) is 3.97. The lowest BCUT2D eigenvalue weighted by Crippen LogP contribution is -2.29. The summed E-state index contributed by atoms with van der Waals surface area (Å²) in [5.41, 5.74) is 1.16. The number of oxime groups is 1. The largest absolute Gasteiger partial charge is 0.489 e. The van der Waals surface area contributed by atoms with Gasteiger partial charge in [-0.25, -0.2) is 0 Å². The van der Waals surface area contributed by atoms with Gasteiger partial charge in [0.1, 0.15) is 0 Å². The van der Waals surface area contributed by atoms with Gasteiger partial charge in [-0.3, -0.25) is 0 Å². The molecule has 3 rings (SSSR count). The Kier molecular flexibility index (Phi) is 4.89. The highest BCUT2D eigenvalue weighted by Gasteiger charge is 2.43. The quantitative estimate of drug-likeness (QED) is 0.793. The maximum Gasteiger partial charge on any atom is 0.387 e. The third-order valence-corrected chi connectivity index (χ3v) is 3.97. The zero-order chi connectivity index (χ0) is 17.2. The van der Waals surface area contributed by atoms with Gasteiger partial charge in [-0.1, -0.05) is 19.0 Å². The summed E-state index contributed by atoms with van der Waals surface area (Å²) < 4.78 is 40.7. The topological polar surface area (TPSA) is 49.3 Å². The SMILES string of the molecule is CC(C)COc1cc(C2=NOC3(CCOC3)C2)ccc1OC(F)F. The highest BCUT2D eigenvalue weighted by Crippen LogP contribution is 2.36. The smallest absolute Gasteiger partial charge is 0.387 e. The second-order valence-corrected chi connectivity index (χ2v) is 6.54. The second kappa shape index (κ2) is 6.93. The van der Waals surface area contributed by atoms with Crippen LogP contribution in [-0.2, 0) is 9.57 Å². The molecular formula is C17H21F2NO4. The number of halogens is 2. The van der Waals surface area contributed by atoms with Crippen LogP contribution in [0.2, 0.25) is 0 Å². The van der Waals surface area contributed by atoms with Crippen molar-refractivity contribution in [2.24, 2.45) is 11.1 Å². The van der Waals surface area contributed by atoms with E-state index in [1.165, 1.54) is 6.07 Å². The van der Waals surface area contributed by atoms with E-state index in [-0.39, 0.29) is 23.0 Å².